The van der Waals surface area contributed by atoms with Gasteiger partial charge in [-0.05, 0) is 45.9 Å². The molecule has 0 fully saturated rings. The van der Waals surface area contributed by atoms with E-state index in [1.54, 1.807) is 20.8 Å². The zero-order chi connectivity index (χ0) is 19.4. The van der Waals surface area contributed by atoms with Crippen molar-refractivity contribution >= 4 is 32.9 Å². The number of hydrogen-bond acceptors (Lipinski definition) is 3. The van der Waals surface area contributed by atoms with Gasteiger partial charge in [-0.2, -0.15) is 0 Å². The third kappa shape index (κ3) is 5.52. The molecule has 1 unspecified atom stereocenters. The zero-order valence-electron chi connectivity index (χ0n) is 14.4. The molecule has 1 aromatic carbocycles. The van der Waals surface area contributed by atoms with Crippen LogP contribution in [0.4, 0.5) is 13.2 Å². The quantitative estimate of drug-likeness (QED) is 0.646. The summed E-state index contributed by atoms with van der Waals surface area (Å²) < 4.78 is 61.6. The largest absolute Gasteiger partial charge is 0.466 e. The van der Waals surface area contributed by atoms with E-state index < -0.39 is 51.5 Å². The lowest BCUT2D eigenvalue weighted by Crippen LogP contribution is -2.54. The normalized spacial score (nSPS) is 15.7. The van der Waals surface area contributed by atoms with E-state index in [4.69, 9.17) is 4.74 Å². The molecule has 0 aromatic heterocycles. The zero-order valence-corrected chi connectivity index (χ0v) is 16.8. The Morgan fingerprint density at radius 3 is 2.44 bits per heavy atom. The summed E-state index contributed by atoms with van der Waals surface area (Å²) in [6, 6.07) is 3.50. The van der Waals surface area contributed by atoms with E-state index >= 15 is 0 Å². The SMILES string of the molecule is CCOC(=O)C[C@](NS(=O)C(C)(C)C)(c1cc(Br)ccc1F)C(F)F. The van der Waals surface area contributed by atoms with Gasteiger partial charge in [0.15, 0.2) is 0 Å². The molecule has 0 amide bonds. The number of rotatable bonds is 7. The Kier molecular flexibility index (Phi) is 7.64. The second-order valence-corrected chi connectivity index (χ2v) is 9.24. The Balaban J connectivity index is 3.52. The van der Waals surface area contributed by atoms with Gasteiger partial charge in [-0.25, -0.2) is 22.1 Å². The number of alkyl halides is 2. The van der Waals surface area contributed by atoms with Gasteiger partial charge in [-0.15, -0.1) is 0 Å². The summed E-state index contributed by atoms with van der Waals surface area (Å²) in [5, 5.41) is 0. The molecule has 0 saturated carbocycles. The number of halogens is 4. The average molecular weight is 444 g/mol. The van der Waals surface area contributed by atoms with Crippen LogP contribution >= 0.6 is 15.9 Å². The first-order chi connectivity index (χ1) is 11.4. The fraction of sp³-hybridized carbons (Fsp3) is 0.562. The Hall–Kier alpha value is -0.930. The number of esters is 1. The molecule has 142 valence electrons. The van der Waals surface area contributed by atoms with Crippen molar-refractivity contribution in [3.8, 4) is 0 Å². The molecule has 0 spiro atoms. The predicted octanol–water partition coefficient (Wildman–Crippen LogP) is 4.05. The maximum Gasteiger partial charge on any atom is 0.308 e. The number of carbonyl (C=O) groups excluding carboxylic acids is 1. The van der Waals surface area contributed by atoms with Crippen molar-refractivity contribution < 1.29 is 26.9 Å². The van der Waals surface area contributed by atoms with Gasteiger partial charge in [-0.1, -0.05) is 15.9 Å². The number of hydrogen-bond donors (Lipinski definition) is 1. The predicted molar refractivity (Wildman–Crippen MR) is 94.1 cm³/mol. The highest BCUT2D eigenvalue weighted by atomic mass is 79.9. The minimum Gasteiger partial charge on any atom is -0.466 e. The molecule has 2 atom stereocenters. The maximum absolute atomic E-state index is 14.4. The number of ether oxygens (including phenoxy) is 1. The van der Waals surface area contributed by atoms with Gasteiger partial charge in [-0.3, -0.25) is 4.79 Å². The Labute approximate surface area is 156 Å². The minimum atomic E-state index is -3.22. The number of nitrogens with one attached hydrogen (secondary N) is 1. The summed E-state index contributed by atoms with van der Waals surface area (Å²) in [7, 11) is -1.98. The minimum absolute atomic E-state index is 0.0124. The van der Waals surface area contributed by atoms with Crippen LogP contribution in [0.2, 0.25) is 0 Å². The molecular formula is C16H21BrF3NO3S. The molecule has 0 bridgehead atoms. The van der Waals surface area contributed by atoms with Gasteiger partial charge < -0.3 is 4.74 Å². The van der Waals surface area contributed by atoms with Crippen LogP contribution < -0.4 is 4.72 Å². The van der Waals surface area contributed by atoms with Crippen LogP contribution in [0.1, 0.15) is 39.7 Å². The van der Waals surface area contributed by atoms with E-state index in [0.717, 1.165) is 12.1 Å². The third-order valence-corrected chi connectivity index (χ3v) is 5.50. The number of benzene rings is 1. The van der Waals surface area contributed by atoms with Crippen LogP contribution in [0.5, 0.6) is 0 Å². The highest BCUT2D eigenvalue weighted by Gasteiger charge is 2.48. The first-order valence-corrected chi connectivity index (χ1v) is 9.47. The fourth-order valence-electron chi connectivity index (χ4n) is 2.02. The van der Waals surface area contributed by atoms with Crippen LogP contribution in [0.25, 0.3) is 0 Å². The lowest BCUT2D eigenvalue weighted by molar-refractivity contribution is -0.147. The molecule has 1 N–H and O–H groups in total. The van der Waals surface area contributed by atoms with Crippen molar-refractivity contribution in [2.24, 2.45) is 0 Å². The van der Waals surface area contributed by atoms with Gasteiger partial charge >= 0.3 is 5.97 Å². The monoisotopic (exact) mass is 443 g/mol. The van der Waals surface area contributed by atoms with Crippen molar-refractivity contribution in [3.05, 3.63) is 34.1 Å². The van der Waals surface area contributed by atoms with E-state index in [2.05, 4.69) is 20.7 Å². The van der Waals surface area contributed by atoms with Crippen LogP contribution in [-0.4, -0.2) is 28.0 Å². The maximum atomic E-state index is 14.4. The van der Waals surface area contributed by atoms with Gasteiger partial charge in [0.1, 0.15) is 11.4 Å². The van der Waals surface area contributed by atoms with E-state index in [9.17, 15) is 22.2 Å². The third-order valence-electron chi connectivity index (χ3n) is 3.34. The van der Waals surface area contributed by atoms with Crippen molar-refractivity contribution in [1.29, 1.82) is 0 Å². The lowest BCUT2D eigenvalue weighted by atomic mass is 9.87. The van der Waals surface area contributed by atoms with Crippen LogP contribution in [0, 0.1) is 5.82 Å². The van der Waals surface area contributed by atoms with Crippen molar-refractivity contribution in [1.82, 2.24) is 4.72 Å². The molecule has 0 aliphatic carbocycles. The first-order valence-electron chi connectivity index (χ1n) is 7.53. The summed E-state index contributed by atoms with van der Waals surface area (Å²) >= 11 is 3.11. The van der Waals surface area contributed by atoms with Crippen molar-refractivity contribution in [2.75, 3.05) is 6.61 Å². The Morgan fingerprint density at radius 1 is 1.36 bits per heavy atom. The van der Waals surface area contributed by atoms with E-state index in [1.807, 2.05) is 0 Å². The fourth-order valence-corrected chi connectivity index (χ4v) is 3.29. The molecule has 0 saturated heterocycles. The molecule has 0 heterocycles. The highest BCUT2D eigenvalue weighted by molar-refractivity contribution is 9.10. The van der Waals surface area contributed by atoms with Crippen LogP contribution in [0.3, 0.4) is 0 Å². The summed E-state index contributed by atoms with van der Waals surface area (Å²) in [5.41, 5.74) is -2.94. The Bertz CT molecular complexity index is 652. The molecule has 0 aliphatic heterocycles. The molecule has 9 heteroatoms. The topological polar surface area (TPSA) is 55.4 Å². The average Bonchev–Trinajstić information content (AvgIpc) is 2.47. The van der Waals surface area contributed by atoms with Crippen LogP contribution in [-0.2, 0) is 26.1 Å². The molecule has 25 heavy (non-hydrogen) atoms. The summed E-state index contributed by atoms with van der Waals surface area (Å²) in [4.78, 5) is 11.9. The molecule has 1 rings (SSSR count). The van der Waals surface area contributed by atoms with Gasteiger partial charge in [0, 0.05) is 10.0 Å². The summed E-state index contributed by atoms with van der Waals surface area (Å²) in [5.74, 6) is -1.88. The first kappa shape index (κ1) is 22.1. The second-order valence-electron chi connectivity index (χ2n) is 6.36. The summed E-state index contributed by atoms with van der Waals surface area (Å²) in [6.45, 7) is 6.25. The molecular weight excluding hydrogens is 423 g/mol. The van der Waals surface area contributed by atoms with Gasteiger partial charge in [0.25, 0.3) is 6.43 Å². The molecule has 4 nitrogen and oxygen atoms in total. The highest BCUT2D eigenvalue weighted by Crippen LogP contribution is 2.37. The second kappa shape index (κ2) is 8.64. The van der Waals surface area contributed by atoms with Crippen molar-refractivity contribution in [2.45, 2.75) is 50.8 Å². The molecule has 1 aromatic rings. The number of carbonyl (C=O) groups is 1. The van der Waals surface area contributed by atoms with E-state index in [-0.39, 0.29) is 6.61 Å². The van der Waals surface area contributed by atoms with Gasteiger partial charge in [0.2, 0.25) is 0 Å². The molecule has 0 aliphatic rings. The lowest BCUT2D eigenvalue weighted by Gasteiger charge is -2.35. The van der Waals surface area contributed by atoms with Crippen LogP contribution in [0.15, 0.2) is 22.7 Å². The Morgan fingerprint density at radius 2 is 1.96 bits per heavy atom. The van der Waals surface area contributed by atoms with Gasteiger partial charge in [0.05, 0.1) is 28.8 Å². The smallest absolute Gasteiger partial charge is 0.308 e. The van der Waals surface area contributed by atoms with Crippen molar-refractivity contribution in [3.63, 3.8) is 0 Å². The molecule has 0 radical (unpaired) electrons. The van der Waals surface area contributed by atoms with E-state index in [1.165, 1.54) is 13.0 Å². The van der Waals surface area contributed by atoms with E-state index in [0.29, 0.717) is 4.47 Å². The summed E-state index contributed by atoms with van der Waals surface area (Å²) in [6.07, 6.45) is -4.08. The standard InChI is InChI=1S/C16H21BrF3NO3S/c1-5-24-13(22)9-16(14(19)20,21-25(23)15(2,3)4)11-8-10(17)6-7-12(11)18/h6-8,14,21H,5,9H2,1-4H3/t16-,25?/m0/s1.